The van der Waals surface area contributed by atoms with Gasteiger partial charge in [0.15, 0.2) is 0 Å². The third-order valence-corrected chi connectivity index (χ3v) is 3.65. The van der Waals surface area contributed by atoms with Gasteiger partial charge in [-0.05, 0) is 13.0 Å². The van der Waals surface area contributed by atoms with E-state index in [1.807, 2.05) is 19.1 Å². The number of hydrogen-bond donors (Lipinski definition) is 2. The maximum Gasteiger partial charge on any atom is 0.212 e. The van der Waals surface area contributed by atoms with Crippen molar-refractivity contribution < 1.29 is 9.84 Å². The molecule has 0 saturated heterocycles. The molecule has 1 aliphatic heterocycles. The normalized spacial score (nSPS) is 16.5. The van der Waals surface area contributed by atoms with E-state index < -0.39 is 0 Å². The molecule has 0 spiro atoms. The highest BCUT2D eigenvalue weighted by Gasteiger charge is 2.21. The van der Waals surface area contributed by atoms with Crippen LogP contribution in [0.15, 0.2) is 18.3 Å². The number of aliphatic hydroxyl groups excluding tert-OH is 1. The van der Waals surface area contributed by atoms with Gasteiger partial charge in [0.2, 0.25) is 5.88 Å². The Morgan fingerprint density at radius 3 is 3.00 bits per heavy atom. The van der Waals surface area contributed by atoms with E-state index in [0.717, 1.165) is 42.3 Å². The summed E-state index contributed by atoms with van der Waals surface area (Å²) in [5.41, 5.74) is 3.20. The molecular weight excluding hydrogens is 268 g/mol. The number of aromatic amines is 1. The summed E-state index contributed by atoms with van der Waals surface area (Å²) >= 11 is 0. The zero-order valence-electron chi connectivity index (χ0n) is 12.3. The van der Waals surface area contributed by atoms with Crippen LogP contribution in [0.3, 0.4) is 0 Å². The van der Waals surface area contributed by atoms with Crippen LogP contribution < -0.4 is 4.74 Å². The lowest BCUT2D eigenvalue weighted by Gasteiger charge is -2.26. The Kier molecular flexibility index (Phi) is 3.90. The molecule has 0 radical (unpaired) electrons. The van der Waals surface area contributed by atoms with Gasteiger partial charge in [0, 0.05) is 43.9 Å². The molecule has 21 heavy (non-hydrogen) atoms. The monoisotopic (exact) mass is 288 g/mol. The molecule has 112 valence electrons. The molecule has 0 bridgehead atoms. The molecule has 3 rings (SSSR count). The number of H-pyrrole nitrogens is 1. The minimum Gasteiger partial charge on any atom is -0.481 e. The van der Waals surface area contributed by atoms with Crippen molar-refractivity contribution in [2.24, 2.45) is 0 Å². The first-order valence-electron chi connectivity index (χ1n) is 7.14. The van der Waals surface area contributed by atoms with Crippen molar-refractivity contribution in [3.8, 4) is 17.3 Å². The van der Waals surface area contributed by atoms with Crippen LogP contribution >= 0.6 is 0 Å². The number of methoxy groups -OCH3 is 1. The summed E-state index contributed by atoms with van der Waals surface area (Å²) in [7, 11) is 1.60. The van der Waals surface area contributed by atoms with Crippen LogP contribution in [0.5, 0.6) is 5.88 Å². The van der Waals surface area contributed by atoms with E-state index in [2.05, 4.69) is 19.9 Å². The molecule has 0 fully saturated rings. The lowest BCUT2D eigenvalue weighted by Crippen LogP contribution is -2.35. The Labute approximate surface area is 123 Å². The van der Waals surface area contributed by atoms with Gasteiger partial charge in [-0.3, -0.25) is 4.90 Å². The van der Waals surface area contributed by atoms with Crippen LogP contribution in [-0.2, 0) is 13.0 Å². The topological polar surface area (TPSA) is 74.3 Å². The summed E-state index contributed by atoms with van der Waals surface area (Å²) in [6.07, 6.45) is 2.36. The molecule has 6 heteroatoms. The summed E-state index contributed by atoms with van der Waals surface area (Å²) in [4.78, 5) is 14.5. The van der Waals surface area contributed by atoms with E-state index in [0.29, 0.717) is 12.4 Å². The molecule has 2 N–H and O–H groups in total. The molecule has 0 aliphatic carbocycles. The van der Waals surface area contributed by atoms with Crippen LogP contribution in [0.4, 0.5) is 0 Å². The van der Waals surface area contributed by atoms with Crippen LogP contribution in [-0.4, -0.2) is 51.3 Å². The van der Waals surface area contributed by atoms with Crippen LogP contribution in [0, 0.1) is 0 Å². The zero-order valence-corrected chi connectivity index (χ0v) is 12.3. The van der Waals surface area contributed by atoms with E-state index in [9.17, 15) is 5.11 Å². The number of nitrogens with one attached hydrogen (secondary N) is 1. The molecule has 1 atom stereocenters. The smallest absolute Gasteiger partial charge is 0.212 e. The number of nitrogens with zero attached hydrogens (tertiary/aromatic N) is 3. The Morgan fingerprint density at radius 2 is 2.33 bits per heavy atom. The molecule has 0 saturated carbocycles. The van der Waals surface area contributed by atoms with Crippen molar-refractivity contribution in [2.45, 2.75) is 26.0 Å². The van der Waals surface area contributed by atoms with Gasteiger partial charge in [-0.25, -0.2) is 9.97 Å². The van der Waals surface area contributed by atoms with Crippen LogP contribution in [0.25, 0.3) is 11.4 Å². The largest absolute Gasteiger partial charge is 0.481 e. The zero-order chi connectivity index (χ0) is 14.8. The highest BCUT2D eigenvalue weighted by Crippen LogP contribution is 2.23. The second-order valence-electron chi connectivity index (χ2n) is 5.43. The molecule has 0 unspecified atom stereocenters. The van der Waals surface area contributed by atoms with E-state index in [1.165, 1.54) is 0 Å². The Bertz CT molecular complexity index is 607. The standard InChI is InChI=1S/C15H20N4O2/c1-10(20)8-19-6-5-12-13(9-19)18-15(17-12)11-3-4-14(21-2)16-7-11/h3-4,7,10,20H,5-6,8-9H2,1-2H3,(H,17,18)/t10-/m0/s1. The first kappa shape index (κ1) is 14.0. The average molecular weight is 288 g/mol. The maximum absolute atomic E-state index is 9.50. The number of aliphatic hydroxyl groups is 1. The van der Waals surface area contributed by atoms with Crippen molar-refractivity contribution in [3.63, 3.8) is 0 Å². The van der Waals surface area contributed by atoms with Gasteiger partial charge in [0.05, 0.1) is 24.6 Å². The number of aromatic nitrogens is 3. The number of β-amino-alcohol motifs (C(OH)–C–C–N with tert-alkyl or cyclic N) is 1. The summed E-state index contributed by atoms with van der Waals surface area (Å²) < 4.78 is 5.07. The third-order valence-electron chi connectivity index (χ3n) is 3.65. The fourth-order valence-corrected chi connectivity index (χ4v) is 2.66. The summed E-state index contributed by atoms with van der Waals surface area (Å²) in [5, 5.41) is 9.50. The quantitative estimate of drug-likeness (QED) is 0.885. The fourth-order valence-electron chi connectivity index (χ4n) is 2.66. The molecule has 3 heterocycles. The molecule has 2 aromatic rings. The van der Waals surface area contributed by atoms with Crippen molar-refractivity contribution in [3.05, 3.63) is 29.7 Å². The highest BCUT2D eigenvalue weighted by atomic mass is 16.5. The molecular formula is C15H20N4O2. The maximum atomic E-state index is 9.50. The third kappa shape index (κ3) is 3.06. The SMILES string of the molecule is COc1ccc(-c2nc3c([nH]2)CN(C[C@H](C)O)CC3)cn1. The van der Waals surface area contributed by atoms with Crippen molar-refractivity contribution in [2.75, 3.05) is 20.2 Å². The molecule has 6 nitrogen and oxygen atoms in total. The van der Waals surface area contributed by atoms with E-state index >= 15 is 0 Å². The van der Waals surface area contributed by atoms with Crippen LogP contribution in [0.1, 0.15) is 18.3 Å². The van der Waals surface area contributed by atoms with Gasteiger partial charge >= 0.3 is 0 Å². The minimum absolute atomic E-state index is 0.306. The Balaban J connectivity index is 1.79. The second-order valence-corrected chi connectivity index (χ2v) is 5.43. The number of imidazole rings is 1. The predicted molar refractivity (Wildman–Crippen MR) is 79.0 cm³/mol. The number of rotatable bonds is 4. The number of hydrogen-bond acceptors (Lipinski definition) is 5. The predicted octanol–water partition coefficient (Wildman–Crippen LogP) is 1.22. The van der Waals surface area contributed by atoms with Crippen molar-refractivity contribution >= 4 is 0 Å². The molecule has 0 amide bonds. The van der Waals surface area contributed by atoms with Crippen molar-refractivity contribution in [1.29, 1.82) is 0 Å². The second kappa shape index (κ2) is 5.83. The Morgan fingerprint density at radius 1 is 1.48 bits per heavy atom. The first-order valence-corrected chi connectivity index (χ1v) is 7.14. The lowest BCUT2D eigenvalue weighted by molar-refractivity contribution is 0.118. The summed E-state index contributed by atoms with van der Waals surface area (Å²) in [5.74, 6) is 1.44. The summed E-state index contributed by atoms with van der Waals surface area (Å²) in [6, 6.07) is 3.78. The number of pyridine rings is 1. The minimum atomic E-state index is -0.306. The van der Waals surface area contributed by atoms with E-state index in [1.54, 1.807) is 13.3 Å². The van der Waals surface area contributed by atoms with Gasteiger partial charge in [0.1, 0.15) is 5.82 Å². The van der Waals surface area contributed by atoms with Crippen molar-refractivity contribution in [1.82, 2.24) is 19.9 Å². The van der Waals surface area contributed by atoms with Crippen LogP contribution in [0.2, 0.25) is 0 Å². The fraction of sp³-hybridized carbons (Fsp3) is 0.467. The average Bonchev–Trinajstić information content (AvgIpc) is 2.90. The summed E-state index contributed by atoms with van der Waals surface area (Å²) in [6.45, 7) is 4.24. The van der Waals surface area contributed by atoms with Gasteiger partial charge in [-0.2, -0.15) is 0 Å². The molecule has 1 aliphatic rings. The lowest BCUT2D eigenvalue weighted by atomic mass is 10.1. The van der Waals surface area contributed by atoms with Gasteiger partial charge < -0.3 is 14.8 Å². The molecule has 0 aromatic carbocycles. The van der Waals surface area contributed by atoms with Gasteiger partial charge in [-0.1, -0.05) is 0 Å². The van der Waals surface area contributed by atoms with E-state index in [4.69, 9.17) is 4.74 Å². The van der Waals surface area contributed by atoms with Gasteiger partial charge in [0.25, 0.3) is 0 Å². The van der Waals surface area contributed by atoms with E-state index in [-0.39, 0.29) is 6.10 Å². The Hall–Kier alpha value is -1.92. The number of fused-ring (bicyclic) bond motifs is 1. The number of ether oxygens (including phenoxy) is 1. The first-order chi connectivity index (χ1) is 10.2. The van der Waals surface area contributed by atoms with Gasteiger partial charge in [-0.15, -0.1) is 0 Å². The molecule has 2 aromatic heterocycles. The highest BCUT2D eigenvalue weighted by molar-refractivity contribution is 5.55.